The zero-order chi connectivity index (χ0) is 16.4. The number of carbonyl (C=O) groups excluding carboxylic acids is 2. The monoisotopic (exact) mass is 374 g/mol. The van der Waals surface area contributed by atoms with Gasteiger partial charge in [-0.1, -0.05) is 15.9 Å². The number of nitrogens with zero attached hydrogens (tertiary/aromatic N) is 1. The van der Waals surface area contributed by atoms with E-state index in [1.165, 1.54) is 0 Å². The number of nitrogens with two attached hydrogens (primary N) is 1. The van der Waals surface area contributed by atoms with Crippen molar-refractivity contribution < 1.29 is 14.3 Å². The van der Waals surface area contributed by atoms with Crippen molar-refractivity contribution >= 4 is 33.4 Å². The Bertz CT molecular complexity index is 729. The number of hydrogen-bond donors (Lipinski definition) is 1. The van der Waals surface area contributed by atoms with Crippen LogP contribution >= 0.6 is 15.9 Å². The van der Waals surface area contributed by atoms with Gasteiger partial charge in [0.25, 0.3) is 0 Å². The molecule has 1 saturated heterocycles. The number of ether oxygens (including phenoxy) is 1. The number of carbonyl (C=O) groups is 2. The van der Waals surface area contributed by atoms with Crippen LogP contribution in [0.1, 0.15) is 6.42 Å². The molecule has 6 heteroatoms. The standard InChI is InChI=1S/C17H15BrN2O3/c18-12-1-5-14(6-2-12)23-15-7-3-13(4-8-15)20-10-11(17(19)22)9-16(20)21/h1-8,11H,9-10H2,(H2,19,22). The molecule has 0 aromatic heterocycles. The van der Waals surface area contributed by atoms with E-state index in [1.54, 1.807) is 29.2 Å². The summed E-state index contributed by atoms with van der Waals surface area (Å²) in [4.78, 5) is 24.8. The zero-order valence-corrected chi connectivity index (χ0v) is 13.8. The van der Waals surface area contributed by atoms with Gasteiger partial charge in [-0.3, -0.25) is 9.59 Å². The lowest BCUT2D eigenvalue weighted by molar-refractivity contribution is -0.123. The second-order valence-electron chi connectivity index (χ2n) is 5.36. The lowest BCUT2D eigenvalue weighted by Crippen LogP contribution is -2.28. The predicted molar refractivity (Wildman–Crippen MR) is 90.3 cm³/mol. The van der Waals surface area contributed by atoms with Gasteiger partial charge in [-0.2, -0.15) is 0 Å². The third kappa shape index (κ3) is 3.53. The summed E-state index contributed by atoms with van der Waals surface area (Å²) in [5.74, 6) is 0.466. The summed E-state index contributed by atoms with van der Waals surface area (Å²) in [7, 11) is 0. The third-order valence-electron chi connectivity index (χ3n) is 3.73. The molecule has 0 spiro atoms. The second-order valence-corrected chi connectivity index (χ2v) is 6.27. The molecule has 118 valence electrons. The van der Waals surface area contributed by atoms with Crippen LogP contribution in [0.2, 0.25) is 0 Å². The Kier molecular flexibility index (Phi) is 4.34. The lowest BCUT2D eigenvalue weighted by Gasteiger charge is -2.16. The summed E-state index contributed by atoms with van der Waals surface area (Å²) in [6.07, 6.45) is 0.173. The van der Waals surface area contributed by atoms with E-state index >= 15 is 0 Å². The summed E-state index contributed by atoms with van der Waals surface area (Å²) in [5, 5.41) is 0. The molecule has 0 aliphatic carbocycles. The highest BCUT2D eigenvalue weighted by Crippen LogP contribution is 2.29. The fourth-order valence-electron chi connectivity index (χ4n) is 2.48. The molecule has 0 radical (unpaired) electrons. The Morgan fingerprint density at radius 2 is 1.65 bits per heavy atom. The maximum Gasteiger partial charge on any atom is 0.227 e. The highest BCUT2D eigenvalue weighted by molar-refractivity contribution is 9.10. The van der Waals surface area contributed by atoms with Gasteiger partial charge in [0, 0.05) is 23.1 Å². The van der Waals surface area contributed by atoms with E-state index in [9.17, 15) is 9.59 Å². The van der Waals surface area contributed by atoms with Crippen LogP contribution in [0, 0.1) is 5.92 Å². The molecule has 1 aliphatic heterocycles. The van der Waals surface area contributed by atoms with E-state index in [0.29, 0.717) is 12.3 Å². The van der Waals surface area contributed by atoms with E-state index in [1.807, 2.05) is 24.3 Å². The number of halogens is 1. The highest BCUT2D eigenvalue weighted by Gasteiger charge is 2.33. The fourth-order valence-corrected chi connectivity index (χ4v) is 2.74. The number of anilines is 1. The van der Waals surface area contributed by atoms with Gasteiger partial charge in [0.15, 0.2) is 0 Å². The first kappa shape index (κ1) is 15.6. The van der Waals surface area contributed by atoms with Crippen LogP contribution < -0.4 is 15.4 Å². The van der Waals surface area contributed by atoms with Crippen LogP contribution in [0.25, 0.3) is 0 Å². The van der Waals surface area contributed by atoms with Crippen molar-refractivity contribution in [1.29, 1.82) is 0 Å². The quantitative estimate of drug-likeness (QED) is 0.893. The zero-order valence-electron chi connectivity index (χ0n) is 12.2. The summed E-state index contributed by atoms with van der Waals surface area (Å²) >= 11 is 3.37. The molecule has 23 heavy (non-hydrogen) atoms. The molecule has 0 bridgehead atoms. The van der Waals surface area contributed by atoms with Gasteiger partial charge in [-0.25, -0.2) is 0 Å². The number of rotatable bonds is 4. The van der Waals surface area contributed by atoms with Crippen molar-refractivity contribution in [3.05, 3.63) is 53.0 Å². The molecule has 5 nitrogen and oxygen atoms in total. The first-order valence-electron chi connectivity index (χ1n) is 7.16. The topological polar surface area (TPSA) is 72.6 Å². The maximum atomic E-state index is 12.0. The minimum Gasteiger partial charge on any atom is -0.457 e. The number of primary amides is 1. The summed E-state index contributed by atoms with van der Waals surface area (Å²) in [5.41, 5.74) is 6.02. The maximum absolute atomic E-state index is 12.0. The van der Waals surface area contributed by atoms with Crippen LogP contribution in [-0.2, 0) is 9.59 Å². The molecule has 2 amide bonds. The Balaban J connectivity index is 1.71. The Hall–Kier alpha value is -2.34. The minimum absolute atomic E-state index is 0.0876. The molecule has 3 rings (SSSR count). The van der Waals surface area contributed by atoms with Crippen molar-refractivity contribution in [2.24, 2.45) is 11.7 Å². The van der Waals surface area contributed by atoms with Gasteiger partial charge in [-0.15, -0.1) is 0 Å². The van der Waals surface area contributed by atoms with E-state index in [-0.39, 0.29) is 12.3 Å². The van der Waals surface area contributed by atoms with Crippen LogP contribution in [0.15, 0.2) is 53.0 Å². The largest absolute Gasteiger partial charge is 0.457 e. The van der Waals surface area contributed by atoms with Crippen molar-refractivity contribution in [2.45, 2.75) is 6.42 Å². The van der Waals surface area contributed by atoms with Crippen molar-refractivity contribution in [2.75, 3.05) is 11.4 Å². The van der Waals surface area contributed by atoms with Gasteiger partial charge < -0.3 is 15.4 Å². The first-order chi connectivity index (χ1) is 11.0. The Labute approximate surface area is 142 Å². The Morgan fingerprint density at radius 1 is 1.09 bits per heavy atom. The summed E-state index contributed by atoms with van der Waals surface area (Å²) < 4.78 is 6.72. The van der Waals surface area contributed by atoms with Gasteiger partial charge in [-0.05, 0) is 48.5 Å². The highest BCUT2D eigenvalue weighted by atomic mass is 79.9. The molecule has 1 unspecified atom stereocenters. The average molecular weight is 375 g/mol. The van der Waals surface area contributed by atoms with Crippen molar-refractivity contribution in [1.82, 2.24) is 0 Å². The molecular formula is C17H15BrN2O3. The van der Waals surface area contributed by atoms with Gasteiger partial charge in [0.05, 0.1) is 5.92 Å². The fraction of sp³-hybridized carbons (Fsp3) is 0.176. The molecular weight excluding hydrogens is 360 g/mol. The molecule has 2 aromatic carbocycles. The molecule has 1 atom stereocenters. The average Bonchev–Trinajstić information content (AvgIpc) is 2.93. The van der Waals surface area contributed by atoms with Crippen LogP contribution in [0.4, 0.5) is 5.69 Å². The van der Waals surface area contributed by atoms with Gasteiger partial charge >= 0.3 is 0 Å². The molecule has 2 N–H and O–H groups in total. The van der Waals surface area contributed by atoms with Crippen molar-refractivity contribution in [3.8, 4) is 11.5 Å². The van der Waals surface area contributed by atoms with E-state index in [0.717, 1.165) is 15.9 Å². The lowest BCUT2D eigenvalue weighted by atomic mass is 10.1. The van der Waals surface area contributed by atoms with E-state index in [4.69, 9.17) is 10.5 Å². The molecule has 0 saturated carbocycles. The van der Waals surface area contributed by atoms with Crippen LogP contribution in [0.3, 0.4) is 0 Å². The molecule has 1 aliphatic rings. The SMILES string of the molecule is NC(=O)C1CC(=O)N(c2ccc(Oc3ccc(Br)cc3)cc2)C1. The first-order valence-corrected chi connectivity index (χ1v) is 7.95. The van der Waals surface area contributed by atoms with E-state index in [2.05, 4.69) is 15.9 Å². The number of amides is 2. The predicted octanol–water partition coefficient (Wildman–Crippen LogP) is 3.08. The van der Waals surface area contributed by atoms with Crippen LogP contribution in [0.5, 0.6) is 11.5 Å². The summed E-state index contributed by atoms with van der Waals surface area (Å²) in [6, 6.07) is 14.7. The number of benzene rings is 2. The van der Waals surface area contributed by atoms with E-state index < -0.39 is 11.8 Å². The minimum atomic E-state index is -0.434. The molecule has 1 fully saturated rings. The normalized spacial score (nSPS) is 17.3. The number of hydrogen-bond acceptors (Lipinski definition) is 3. The van der Waals surface area contributed by atoms with Gasteiger partial charge in [0.2, 0.25) is 11.8 Å². The van der Waals surface area contributed by atoms with Crippen molar-refractivity contribution in [3.63, 3.8) is 0 Å². The summed E-state index contributed by atoms with van der Waals surface area (Å²) in [6.45, 7) is 0.334. The molecule has 2 aromatic rings. The van der Waals surface area contributed by atoms with Gasteiger partial charge in [0.1, 0.15) is 11.5 Å². The third-order valence-corrected chi connectivity index (χ3v) is 4.25. The Morgan fingerprint density at radius 3 is 2.17 bits per heavy atom. The van der Waals surface area contributed by atoms with Crippen LogP contribution in [-0.4, -0.2) is 18.4 Å². The smallest absolute Gasteiger partial charge is 0.227 e. The second kappa shape index (κ2) is 6.42. The molecule has 1 heterocycles.